The molecule has 0 saturated heterocycles. The van der Waals surface area contributed by atoms with Gasteiger partial charge in [-0.2, -0.15) is 4.31 Å². The lowest BCUT2D eigenvalue weighted by Gasteiger charge is -2.17. The van der Waals surface area contributed by atoms with Gasteiger partial charge in [0, 0.05) is 16.0 Å². The summed E-state index contributed by atoms with van der Waals surface area (Å²) in [6.07, 6.45) is 0. The van der Waals surface area contributed by atoms with Crippen molar-refractivity contribution in [3.63, 3.8) is 0 Å². The van der Waals surface area contributed by atoms with E-state index in [-0.39, 0.29) is 16.4 Å². The highest BCUT2D eigenvalue weighted by atomic mass is 79.9. The highest BCUT2D eigenvalue weighted by Crippen LogP contribution is 2.27. The molecule has 0 saturated carbocycles. The van der Waals surface area contributed by atoms with Crippen LogP contribution in [0.2, 0.25) is 0 Å². The van der Waals surface area contributed by atoms with E-state index < -0.39 is 10.0 Å². The van der Waals surface area contributed by atoms with Gasteiger partial charge in [-0.25, -0.2) is 8.42 Å². The number of nitrogens with two attached hydrogens (primary N) is 1. The maximum absolute atomic E-state index is 12.2. The first-order chi connectivity index (χ1) is 7.75. The van der Waals surface area contributed by atoms with Crippen molar-refractivity contribution in [3.8, 4) is 0 Å². The van der Waals surface area contributed by atoms with Crippen LogP contribution in [-0.2, 0) is 10.0 Å². The minimum atomic E-state index is -3.60. The van der Waals surface area contributed by atoms with Crippen molar-refractivity contribution >= 4 is 59.1 Å². The van der Waals surface area contributed by atoms with Crippen molar-refractivity contribution in [2.45, 2.75) is 4.90 Å². The minimum Gasteiger partial charge on any atom is -0.392 e. The van der Waals surface area contributed by atoms with Crippen molar-refractivity contribution in [2.24, 2.45) is 5.73 Å². The van der Waals surface area contributed by atoms with Gasteiger partial charge in [0.1, 0.15) is 0 Å². The van der Waals surface area contributed by atoms with Crippen LogP contribution in [-0.4, -0.2) is 31.3 Å². The van der Waals surface area contributed by atoms with Gasteiger partial charge in [0.05, 0.1) is 16.4 Å². The molecule has 0 heterocycles. The second-order valence-corrected chi connectivity index (χ2v) is 7.61. The van der Waals surface area contributed by atoms with Crippen molar-refractivity contribution in [1.82, 2.24) is 4.31 Å². The van der Waals surface area contributed by atoms with E-state index >= 15 is 0 Å². The van der Waals surface area contributed by atoms with Crippen LogP contribution in [0.3, 0.4) is 0 Å². The lowest BCUT2D eigenvalue weighted by molar-refractivity contribution is 0.505. The molecule has 94 valence electrons. The van der Waals surface area contributed by atoms with Gasteiger partial charge in [-0.15, -0.1) is 0 Å². The third kappa shape index (κ3) is 3.72. The third-order valence-electron chi connectivity index (χ3n) is 1.96. The molecule has 0 bridgehead atoms. The average Bonchev–Trinajstić information content (AvgIpc) is 2.20. The standard InChI is InChI=1S/C9H10Br2N2O2S2/c1-13(5-9(12)16)17(14,15)8-4-6(10)2-3-7(8)11/h2-4H,5H2,1H3,(H2,12,16). The summed E-state index contributed by atoms with van der Waals surface area (Å²) in [6, 6.07) is 4.93. The second kappa shape index (κ2) is 5.75. The summed E-state index contributed by atoms with van der Waals surface area (Å²) in [5, 5.41) is 0. The Morgan fingerprint density at radius 2 is 2.06 bits per heavy atom. The van der Waals surface area contributed by atoms with Gasteiger partial charge in [0.2, 0.25) is 10.0 Å². The fourth-order valence-electron chi connectivity index (χ4n) is 1.15. The molecule has 1 rings (SSSR count). The molecule has 0 aliphatic rings. The Bertz CT molecular complexity index is 546. The van der Waals surface area contributed by atoms with Gasteiger partial charge in [-0.05, 0) is 34.1 Å². The van der Waals surface area contributed by atoms with Crippen LogP contribution in [0.4, 0.5) is 0 Å². The highest BCUT2D eigenvalue weighted by molar-refractivity contribution is 9.11. The van der Waals surface area contributed by atoms with Crippen LogP contribution in [0.25, 0.3) is 0 Å². The molecule has 2 N–H and O–H groups in total. The predicted octanol–water partition coefficient (Wildman–Crippen LogP) is 2.12. The highest BCUT2D eigenvalue weighted by Gasteiger charge is 2.23. The topological polar surface area (TPSA) is 63.4 Å². The fourth-order valence-corrected chi connectivity index (χ4v) is 4.03. The number of nitrogens with zero attached hydrogens (tertiary/aromatic N) is 1. The molecule has 0 spiro atoms. The maximum Gasteiger partial charge on any atom is 0.244 e. The predicted molar refractivity (Wildman–Crippen MR) is 78.4 cm³/mol. The number of benzene rings is 1. The van der Waals surface area contributed by atoms with Gasteiger partial charge in [-0.3, -0.25) is 0 Å². The van der Waals surface area contributed by atoms with Crippen molar-refractivity contribution in [3.05, 3.63) is 27.1 Å². The Hall–Kier alpha value is -0.0200. The minimum absolute atomic E-state index is 0.0105. The molecule has 17 heavy (non-hydrogen) atoms. The molecular formula is C9H10Br2N2O2S2. The van der Waals surface area contributed by atoms with Gasteiger partial charge in [0.25, 0.3) is 0 Å². The number of sulfonamides is 1. The normalized spacial score (nSPS) is 11.8. The molecule has 1 aromatic carbocycles. The molecule has 0 amide bonds. The zero-order valence-corrected chi connectivity index (χ0v) is 13.7. The van der Waals surface area contributed by atoms with Crippen molar-refractivity contribution in [2.75, 3.05) is 13.6 Å². The number of hydrogen-bond donors (Lipinski definition) is 1. The molecule has 1 aromatic rings. The fraction of sp³-hybridized carbons (Fsp3) is 0.222. The van der Waals surface area contributed by atoms with Gasteiger partial charge in [0.15, 0.2) is 0 Å². The van der Waals surface area contributed by atoms with E-state index in [1.807, 2.05) is 0 Å². The summed E-state index contributed by atoms with van der Waals surface area (Å²) in [5.41, 5.74) is 5.34. The van der Waals surface area contributed by atoms with E-state index in [1.54, 1.807) is 12.1 Å². The summed E-state index contributed by atoms with van der Waals surface area (Å²) in [7, 11) is -2.17. The molecule has 0 aliphatic heterocycles. The number of halogens is 2. The number of hydrogen-bond acceptors (Lipinski definition) is 3. The average molecular weight is 402 g/mol. The molecule has 4 nitrogen and oxygen atoms in total. The summed E-state index contributed by atoms with van der Waals surface area (Å²) < 4.78 is 26.7. The van der Waals surface area contributed by atoms with E-state index in [2.05, 4.69) is 31.9 Å². The van der Waals surface area contributed by atoms with Crippen LogP contribution >= 0.6 is 44.1 Å². The van der Waals surface area contributed by atoms with Crippen LogP contribution in [0.1, 0.15) is 0 Å². The summed E-state index contributed by atoms with van der Waals surface area (Å²) in [4.78, 5) is 0.299. The van der Waals surface area contributed by atoms with E-state index in [9.17, 15) is 8.42 Å². The Labute approximate surface area is 122 Å². The quantitative estimate of drug-likeness (QED) is 0.784. The first-order valence-corrected chi connectivity index (χ1v) is 7.88. The Morgan fingerprint density at radius 1 is 1.47 bits per heavy atom. The Kier molecular flexibility index (Phi) is 5.08. The zero-order chi connectivity index (χ0) is 13.2. The van der Waals surface area contributed by atoms with Crippen LogP contribution in [0.15, 0.2) is 32.0 Å². The molecular weight excluding hydrogens is 392 g/mol. The lowest BCUT2D eigenvalue weighted by Crippen LogP contribution is -2.34. The largest absolute Gasteiger partial charge is 0.392 e. The first-order valence-electron chi connectivity index (χ1n) is 4.45. The number of thiocarbonyl (C=S) groups is 1. The Morgan fingerprint density at radius 3 is 2.59 bits per heavy atom. The number of rotatable bonds is 4. The summed E-state index contributed by atoms with van der Waals surface area (Å²) in [5.74, 6) is 0. The third-order valence-corrected chi connectivity index (χ3v) is 5.38. The molecule has 8 heteroatoms. The van der Waals surface area contributed by atoms with E-state index in [1.165, 1.54) is 13.1 Å². The van der Waals surface area contributed by atoms with E-state index in [0.29, 0.717) is 8.95 Å². The van der Waals surface area contributed by atoms with Crippen LogP contribution in [0, 0.1) is 0 Å². The SMILES string of the molecule is CN(CC(N)=S)S(=O)(=O)c1cc(Br)ccc1Br. The first kappa shape index (κ1) is 15.0. The van der Waals surface area contributed by atoms with E-state index in [0.717, 1.165) is 4.31 Å². The van der Waals surface area contributed by atoms with Gasteiger partial charge >= 0.3 is 0 Å². The summed E-state index contributed by atoms with van der Waals surface area (Å²) >= 11 is 11.1. The molecule has 0 unspecified atom stereocenters. The molecule has 0 radical (unpaired) electrons. The van der Waals surface area contributed by atoms with Gasteiger partial charge in [-0.1, -0.05) is 28.1 Å². The molecule has 0 aromatic heterocycles. The molecule has 0 aliphatic carbocycles. The summed E-state index contributed by atoms with van der Waals surface area (Å²) in [6.45, 7) is 0.0105. The Balaban J connectivity index is 3.21. The molecule has 0 fully saturated rings. The second-order valence-electron chi connectivity index (χ2n) is 3.30. The monoisotopic (exact) mass is 400 g/mol. The number of likely N-dealkylation sites (N-methyl/N-ethyl adjacent to an activating group) is 1. The van der Waals surface area contributed by atoms with Crippen molar-refractivity contribution < 1.29 is 8.42 Å². The lowest BCUT2D eigenvalue weighted by atomic mass is 10.4. The van der Waals surface area contributed by atoms with Crippen LogP contribution in [0.5, 0.6) is 0 Å². The molecule has 0 atom stereocenters. The maximum atomic E-state index is 12.2. The smallest absolute Gasteiger partial charge is 0.244 e. The van der Waals surface area contributed by atoms with Gasteiger partial charge < -0.3 is 5.73 Å². The van der Waals surface area contributed by atoms with Crippen LogP contribution < -0.4 is 5.73 Å². The van der Waals surface area contributed by atoms with E-state index in [4.69, 9.17) is 18.0 Å². The van der Waals surface area contributed by atoms with Crippen molar-refractivity contribution in [1.29, 1.82) is 0 Å². The zero-order valence-electron chi connectivity index (χ0n) is 8.85.